The van der Waals surface area contributed by atoms with E-state index < -0.39 is 37.8 Å². The molecule has 1 aliphatic rings. The molecule has 1 heterocycles. The number of rotatable bonds is 3. The Morgan fingerprint density at radius 2 is 2.00 bits per heavy atom. The smallest absolute Gasteiger partial charge is 0.333 e. The van der Waals surface area contributed by atoms with E-state index in [1.807, 2.05) is 0 Å². The second kappa shape index (κ2) is 5.10. The molecule has 0 radical (unpaired) electrons. The summed E-state index contributed by atoms with van der Waals surface area (Å²) in [7, 11) is -3.85. The Hall–Kier alpha value is -0.0100. The molecule has 5 N–H and O–H groups in total. The molecule has 8 heteroatoms. The van der Waals surface area contributed by atoms with Gasteiger partial charge in [-0.3, -0.25) is 9.09 Å². The first-order chi connectivity index (χ1) is 7.25. The molecule has 1 aliphatic heterocycles. The van der Waals surface area contributed by atoms with Crippen LogP contribution in [0.2, 0.25) is 0 Å². The van der Waals surface area contributed by atoms with Crippen LogP contribution in [0, 0.1) is 0 Å². The monoisotopic (exact) mass is 255 g/mol. The number of hydrogen-bond acceptors (Lipinski definition) is 6. The Morgan fingerprint density at radius 1 is 1.44 bits per heavy atom. The summed E-state index contributed by atoms with van der Waals surface area (Å²) in [5.74, 6) is 0. The van der Waals surface area contributed by atoms with Crippen LogP contribution in [0.15, 0.2) is 0 Å². The zero-order valence-electron chi connectivity index (χ0n) is 9.18. The molecule has 1 rings (SSSR count). The maximum absolute atomic E-state index is 11.5. The topological polar surface area (TPSA) is 122 Å². The molecule has 0 amide bonds. The molecule has 96 valence electrons. The largest absolute Gasteiger partial charge is 0.388 e. The van der Waals surface area contributed by atoms with E-state index >= 15 is 0 Å². The van der Waals surface area contributed by atoms with Gasteiger partial charge in [0.05, 0.1) is 18.3 Å². The van der Waals surface area contributed by atoms with Crippen LogP contribution in [-0.4, -0.2) is 51.9 Å². The van der Waals surface area contributed by atoms with Crippen molar-refractivity contribution in [3.05, 3.63) is 0 Å². The van der Waals surface area contributed by atoms with E-state index in [9.17, 15) is 19.7 Å². The summed E-state index contributed by atoms with van der Waals surface area (Å²) >= 11 is 0. The van der Waals surface area contributed by atoms with Gasteiger partial charge in [-0.1, -0.05) is 13.8 Å². The van der Waals surface area contributed by atoms with Gasteiger partial charge in [0.15, 0.2) is 6.29 Å². The predicted octanol–water partition coefficient (Wildman–Crippen LogP) is -0.998. The van der Waals surface area contributed by atoms with Gasteiger partial charge in [0.1, 0.15) is 12.2 Å². The number of nitrogens with two attached hydrogens (primary N) is 1. The molecule has 0 aromatic heterocycles. The molecule has 0 aliphatic carbocycles. The first-order valence-corrected chi connectivity index (χ1v) is 6.64. The van der Waals surface area contributed by atoms with Crippen LogP contribution in [0.4, 0.5) is 0 Å². The van der Waals surface area contributed by atoms with Gasteiger partial charge in [0.2, 0.25) is 0 Å². The highest BCUT2D eigenvalue weighted by Crippen LogP contribution is 2.49. The first kappa shape index (κ1) is 14.1. The highest BCUT2D eigenvalue weighted by atomic mass is 31.2. The second-order valence-corrected chi connectivity index (χ2v) is 6.48. The molecule has 0 bridgehead atoms. The van der Waals surface area contributed by atoms with Crippen molar-refractivity contribution in [1.82, 2.24) is 0 Å². The zero-order chi connectivity index (χ0) is 12.5. The highest BCUT2D eigenvalue weighted by molar-refractivity contribution is 7.53. The van der Waals surface area contributed by atoms with Crippen molar-refractivity contribution in [1.29, 1.82) is 0 Å². The fourth-order valence-electron chi connectivity index (χ4n) is 1.18. The third-order valence-electron chi connectivity index (χ3n) is 2.43. The van der Waals surface area contributed by atoms with Gasteiger partial charge in [-0.05, 0) is 0 Å². The molecule has 7 nitrogen and oxygen atoms in total. The van der Waals surface area contributed by atoms with Crippen molar-refractivity contribution < 1.29 is 28.9 Å². The number of ether oxygens (including phenoxy) is 1. The van der Waals surface area contributed by atoms with Crippen molar-refractivity contribution in [2.75, 3.05) is 6.61 Å². The SMILES string of the molecule is CC(C)P(=O)(O)OC1OC[C@H](N)[C@H](O)C1O. The zero-order valence-corrected chi connectivity index (χ0v) is 10.1. The van der Waals surface area contributed by atoms with E-state index in [0.717, 1.165) is 0 Å². The van der Waals surface area contributed by atoms with Crippen LogP contribution in [0.3, 0.4) is 0 Å². The van der Waals surface area contributed by atoms with E-state index in [2.05, 4.69) is 0 Å². The van der Waals surface area contributed by atoms with Crippen molar-refractivity contribution in [3.63, 3.8) is 0 Å². The first-order valence-electron chi connectivity index (χ1n) is 5.00. The Kier molecular flexibility index (Phi) is 4.48. The normalized spacial score (nSPS) is 39.7. The molecule has 5 atom stereocenters. The summed E-state index contributed by atoms with van der Waals surface area (Å²) in [6.45, 7) is 2.98. The van der Waals surface area contributed by atoms with Crippen LogP contribution in [0.25, 0.3) is 0 Å². The van der Waals surface area contributed by atoms with Gasteiger partial charge in [0.25, 0.3) is 0 Å². The quantitative estimate of drug-likeness (QED) is 0.477. The molecule has 1 fully saturated rings. The highest BCUT2D eigenvalue weighted by Gasteiger charge is 2.41. The standard InChI is InChI=1S/C8H18NO6P/c1-4(2)16(12,13)15-8-7(11)6(10)5(9)3-14-8/h4-8,10-11H,3,9H2,1-2H3,(H,12,13)/t5-,6-,7?,8?/m0/s1. The minimum absolute atomic E-state index is 0.0407. The van der Waals surface area contributed by atoms with Crippen LogP contribution < -0.4 is 5.73 Å². The Bertz CT molecular complexity index is 286. The summed E-state index contributed by atoms with van der Waals surface area (Å²) in [5, 5.41) is 19.0. The minimum Gasteiger partial charge on any atom is -0.388 e. The minimum atomic E-state index is -3.85. The summed E-state index contributed by atoms with van der Waals surface area (Å²) in [4.78, 5) is 9.44. The lowest BCUT2D eigenvalue weighted by molar-refractivity contribution is -0.215. The number of hydrogen-bond donors (Lipinski definition) is 4. The Morgan fingerprint density at radius 3 is 2.50 bits per heavy atom. The van der Waals surface area contributed by atoms with Gasteiger partial charge < -0.3 is 25.6 Å². The van der Waals surface area contributed by atoms with E-state index in [-0.39, 0.29) is 6.61 Å². The third-order valence-corrected chi connectivity index (χ3v) is 4.24. The van der Waals surface area contributed by atoms with Crippen molar-refractivity contribution >= 4 is 7.60 Å². The molecule has 1 saturated heterocycles. The maximum Gasteiger partial charge on any atom is 0.333 e. The summed E-state index contributed by atoms with van der Waals surface area (Å²) in [6.07, 6.45) is -3.98. The third kappa shape index (κ3) is 3.01. The molecule has 0 aromatic carbocycles. The lowest BCUT2D eigenvalue weighted by Gasteiger charge is -2.36. The fraction of sp³-hybridized carbons (Fsp3) is 1.00. The van der Waals surface area contributed by atoms with Gasteiger partial charge in [-0.15, -0.1) is 0 Å². The van der Waals surface area contributed by atoms with Gasteiger partial charge in [0, 0.05) is 0 Å². The molecule has 16 heavy (non-hydrogen) atoms. The molecule has 0 spiro atoms. The lowest BCUT2D eigenvalue weighted by atomic mass is 10.0. The number of aliphatic hydroxyl groups excluding tert-OH is 2. The lowest BCUT2D eigenvalue weighted by Crippen LogP contribution is -2.56. The van der Waals surface area contributed by atoms with Gasteiger partial charge >= 0.3 is 7.60 Å². The van der Waals surface area contributed by atoms with Crippen LogP contribution >= 0.6 is 7.60 Å². The van der Waals surface area contributed by atoms with Crippen molar-refractivity contribution in [2.24, 2.45) is 5.73 Å². The average Bonchev–Trinajstić information content (AvgIpc) is 2.19. The average molecular weight is 255 g/mol. The van der Waals surface area contributed by atoms with Crippen LogP contribution in [0.1, 0.15) is 13.8 Å². The predicted molar refractivity (Wildman–Crippen MR) is 55.8 cm³/mol. The fourth-order valence-corrected chi connectivity index (χ4v) is 1.91. The number of aliphatic hydroxyl groups is 2. The van der Waals surface area contributed by atoms with E-state index in [4.69, 9.17) is 15.0 Å². The van der Waals surface area contributed by atoms with E-state index in [1.165, 1.54) is 13.8 Å². The molecule has 3 unspecified atom stereocenters. The molecule has 0 aromatic rings. The Labute approximate surface area is 93.7 Å². The molecule has 0 saturated carbocycles. The summed E-state index contributed by atoms with van der Waals surface area (Å²) in [5.41, 5.74) is 4.82. The van der Waals surface area contributed by atoms with Gasteiger partial charge in [-0.25, -0.2) is 0 Å². The van der Waals surface area contributed by atoms with E-state index in [0.29, 0.717) is 0 Å². The summed E-state index contributed by atoms with van der Waals surface area (Å²) in [6, 6.07) is -0.730. The van der Waals surface area contributed by atoms with Crippen molar-refractivity contribution in [2.45, 2.75) is 44.0 Å². The van der Waals surface area contributed by atoms with Gasteiger partial charge in [-0.2, -0.15) is 0 Å². The van der Waals surface area contributed by atoms with E-state index in [1.54, 1.807) is 0 Å². The van der Waals surface area contributed by atoms with Crippen LogP contribution in [0.5, 0.6) is 0 Å². The molecular weight excluding hydrogens is 237 g/mol. The van der Waals surface area contributed by atoms with Crippen molar-refractivity contribution in [3.8, 4) is 0 Å². The molecular formula is C8H18NO6P. The summed E-state index contributed by atoms with van der Waals surface area (Å²) < 4.78 is 21.3. The Balaban J connectivity index is 2.65. The second-order valence-electron chi connectivity index (χ2n) is 4.11. The van der Waals surface area contributed by atoms with Crippen LogP contribution in [-0.2, 0) is 13.8 Å². The maximum atomic E-state index is 11.5.